The van der Waals surface area contributed by atoms with Gasteiger partial charge in [0.05, 0.1) is 10.5 Å². The number of benzene rings is 2. The number of aromatic nitrogens is 1. The number of fused-ring (bicyclic) bond motifs is 2. The van der Waals surface area contributed by atoms with E-state index in [9.17, 15) is 13.2 Å². The van der Waals surface area contributed by atoms with Gasteiger partial charge in [0.2, 0.25) is 10.0 Å². The van der Waals surface area contributed by atoms with Crippen LogP contribution in [0, 0.1) is 0 Å². The van der Waals surface area contributed by atoms with Gasteiger partial charge in [0.1, 0.15) is 12.4 Å². The molecule has 9 heteroatoms. The minimum Gasteiger partial charge on any atom is -0.492 e. The number of nitrogens with one attached hydrogen (secondary N) is 2. The fourth-order valence-corrected chi connectivity index (χ4v) is 4.78. The molecule has 5 rings (SSSR count). The van der Waals surface area contributed by atoms with E-state index >= 15 is 0 Å². The average Bonchev–Trinajstić information content (AvgIpc) is 3.46. The standard InChI is InChI=1S/C23H24N4O4S/c24-32(29,30)18-4-6-22-19(14-18)20(23(28)26-22)13-16-11-15-12-17(3-5-21(15)25-16)31-10-9-27-7-1-2-8-27/h3-6,11-14,25H,1-2,7-10H2,(H,26,28)(H2,24,29,30)/b20-13-. The van der Waals surface area contributed by atoms with E-state index in [0.29, 0.717) is 23.4 Å². The first-order valence-electron chi connectivity index (χ1n) is 10.5. The summed E-state index contributed by atoms with van der Waals surface area (Å²) in [6, 6.07) is 12.1. The van der Waals surface area contributed by atoms with Crippen molar-refractivity contribution in [1.29, 1.82) is 0 Å². The van der Waals surface area contributed by atoms with Crippen LogP contribution in [-0.2, 0) is 14.8 Å². The zero-order valence-electron chi connectivity index (χ0n) is 17.4. The Morgan fingerprint density at radius 2 is 1.91 bits per heavy atom. The van der Waals surface area contributed by atoms with Crippen molar-refractivity contribution >= 4 is 44.2 Å². The Labute approximate surface area is 186 Å². The zero-order chi connectivity index (χ0) is 22.3. The van der Waals surface area contributed by atoms with Crippen LogP contribution < -0.4 is 15.2 Å². The molecule has 32 heavy (non-hydrogen) atoms. The number of ether oxygens (including phenoxy) is 1. The maximum Gasteiger partial charge on any atom is 0.256 e. The Hall–Kier alpha value is -3.14. The molecule has 1 amide bonds. The van der Waals surface area contributed by atoms with Crippen molar-refractivity contribution in [2.24, 2.45) is 5.14 Å². The molecule has 1 aromatic heterocycles. The summed E-state index contributed by atoms with van der Waals surface area (Å²) in [7, 11) is -3.87. The van der Waals surface area contributed by atoms with Gasteiger partial charge in [-0.15, -0.1) is 0 Å². The highest BCUT2D eigenvalue weighted by atomic mass is 32.2. The molecule has 0 unspecified atom stereocenters. The molecule has 1 saturated heterocycles. The minimum absolute atomic E-state index is 0.0361. The highest BCUT2D eigenvalue weighted by Gasteiger charge is 2.26. The van der Waals surface area contributed by atoms with E-state index in [4.69, 9.17) is 9.88 Å². The number of anilines is 1. The summed E-state index contributed by atoms with van der Waals surface area (Å²) >= 11 is 0. The van der Waals surface area contributed by atoms with Gasteiger partial charge in [-0.3, -0.25) is 9.69 Å². The van der Waals surface area contributed by atoms with Crippen molar-refractivity contribution in [2.45, 2.75) is 17.7 Å². The van der Waals surface area contributed by atoms with E-state index in [2.05, 4.69) is 15.2 Å². The van der Waals surface area contributed by atoms with Gasteiger partial charge in [-0.1, -0.05) is 0 Å². The first-order chi connectivity index (χ1) is 15.4. The summed E-state index contributed by atoms with van der Waals surface area (Å²) in [5, 5.41) is 8.97. The lowest BCUT2D eigenvalue weighted by Crippen LogP contribution is -2.25. The zero-order valence-corrected chi connectivity index (χ0v) is 18.2. The van der Waals surface area contributed by atoms with E-state index in [-0.39, 0.29) is 10.8 Å². The van der Waals surface area contributed by atoms with Crippen molar-refractivity contribution < 1.29 is 17.9 Å². The molecular weight excluding hydrogens is 428 g/mol. The fraction of sp³-hybridized carbons (Fsp3) is 0.261. The third-order valence-corrected chi connectivity index (χ3v) is 6.80. The van der Waals surface area contributed by atoms with E-state index in [1.54, 1.807) is 12.1 Å². The largest absolute Gasteiger partial charge is 0.492 e. The number of H-pyrrole nitrogens is 1. The molecule has 0 bridgehead atoms. The third kappa shape index (κ3) is 4.14. The van der Waals surface area contributed by atoms with Gasteiger partial charge in [-0.2, -0.15) is 0 Å². The quantitative estimate of drug-likeness (QED) is 0.497. The Bertz CT molecular complexity index is 1340. The van der Waals surface area contributed by atoms with Crippen molar-refractivity contribution in [3.8, 4) is 5.75 Å². The molecule has 0 aliphatic carbocycles. The summed E-state index contributed by atoms with van der Waals surface area (Å²) in [6.45, 7) is 3.87. The van der Waals surface area contributed by atoms with E-state index < -0.39 is 10.0 Å². The van der Waals surface area contributed by atoms with E-state index in [0.717, 1.165) is 42.0 Å². The lowest BCUT2D eigenvalue weighted by Gasteiger charge is -2.14. The number of nitrogens with two attached hydrogens (primary N) is 1. The van der Waals surface area contributed by atoms with Crippen LogP contribution in [0.25, 0.3) is 22.6 Å². The van der Waals surface area contributed by atoms with Gasteiger partial charge in [0.25, 0.3) is 5.91 Å². The first-order valence-corrected chi connectivity index (χ1v) is 12.1. The Morgan fingerprint density at radius 3 is 2.69 bits per heavy atom. The monoisotopic (exact) mass is 452 g/mol. The average molecular weight is 453 g/mol. The van der Waals surface area contributed by atoms with Crippen LogP contribution in [0.5, 0.6) is 5.75 Å². The summed E-state index contributed by atoms with van der Waals surface area (Å²) in [6.07, 6.45) is 4.24. The predicted octanol–water partition coefficient (Wildman–Crippen LogP) is 2.78. The van der Waals surface area contributed by atoms with Crippen molar-refractivity contribution in [1.82, 2.24) is 9.88 Å². The first kappa shape index (κ1) is 20.7. The molecule has 2 aliphatic heterocycles. The van der Waals surface area contributed by atoms with Gasteiger partial charge in [-0.25, -0.2) is 13.6 Å². The molecular formula is C23H24N4O4S. The number of rotatable bonds is 6. The number of carbonyl (C=O) groups excluding carboxylic acids is 1. The maximum atomic E-state index is 12.5. The predicted molar refractivity (Wildman–Crippen MR) is 124 cm³/mol. The number of carbonyl (C=O) groups is 1. The number of nitrogens with zero attached hydrogens (tertiary/aromatic N) is 1. The minimum atomic E-state index is -3.87. The van der Waals surface area contributed by atoms with Crippen LogP contribution in [0.1, 0.15) is 24.1 Å². The lowest BCUT2D eigenvalue weighted by atomic mass is 10.1. The van der Waals surface area contributed by atoms with Crippen LogP contribution >= 0.6 is 0 Å². The Balaban J connectivity index is 1.39. The molecule has 0 atom stereocenters. The van der Waals surface area contributed by atoms with Crippen molar-refractivity contribution in [3.63, 3.8) is 0 Å². The van der Waals surface area contributed by atoms with Gasteiger partial charge in [0.15, 0.2) is 0 Å². The maximum absolute atomic E-state index is 12.5. The van der Waals surface area contributed by atoms with Crippen LogP contribution in [0.15, 0.2) is 47.4 Å². The van der Waals surface area contributed by atoms with Gasteiger partial charge >= 0.3 is 0 Å². The van der Waals surface area contributed by atoms with Crippen LogP contribution in [0.2, 0.25) is 0 Å². The van der Waals surface area contributed by atoms with Crippen molar-refractivity contribution in [2.75, 3.05) is 31.6 Å². The number of likely N-dealkylation sites (tertiary alicyclic amines) is 1. The second-order valence-corrected chi connectivity index (χ2v) is 9.70. The van der Waals surface area contributed by atoms with Crippen molar-refractivity contribution in [3.05, 3.63) is 53.7 Å². The highest BCUT2D eigenvalue weighted by molar-refractivity contribution is 7.89. The van der Waals surface area contributed by atoms with E-state index in [1.165, 1.54) is 25.0 Å². The molecule has 0 saturated carbocycles. The molecule has 0 spiro atoms. The molecule has 2 aliphatic rings. The molecule has 166 valence electrons. The highest BCUT2D eigenvalue weighted by Crippen LogP contribution is 2.35. The second-order valence-electron chi connectivity index (χ2n) is 8.14. The Morgan fingerprint density at radius 1 is 1.09 bits per heavy atom. The lowest BCUT2D eigenvalue weighted by molar-refractivity contribution is -0.110. The Kier molecular flexibility index (Phi) is 5.24. The topological polar surface area (TPSA) is 118 Å². The third-order valence-electron chi connectivity index (χ3n) is 5.89. The second kappa shape index (κ2) is 8.09. The van der Waals surface area contributed by atoms with Gasteiger partial charge < -0.3 is 15.0 Å². The summed E-state index contributed by atoms with van der Waals surface area (Å²) in [4.78, 5) is 18.2. The molecule has 0 radical (unpaired) electrons. The molecule has 2 aromatic carbocycles. The van der Waals surface area contributed by atoms with Crippen LogP contribution in [-0.4, -0.2) is 50.5 Å². The SMILES string of the molecule is NS(=O)(=O)c1ccc2c(c1)/C(=C/c1cc3cc(OCCN4CCCC4)ccc3[nH]1)C(=O)N2. The van der Waals surface area contributed by atoms with Crippen LogP contribution in [0.4, 0.5) is 5.69 Å². The number of sulfonamides is 1. The number of primary sulfonamides is 1. The summed E-state index contributed by atoms with van der Waals surface area (Å²) in [5.74, 6) is 0.507. The number of hydrogen-bond acceptors (Lipinski definition) is 5. The molecule has 3 heterocycles. The number of hydrogen-bond donors (Lipinski definition) is 3. The number of aromatic amines is 1. The fourth-order valence-electron chi connectivity index (χ4n) is 4.24. The normalized spacial score (nSPS) is 17.8. The van der Waals surface area contributed by atoms with Gasteiger partial charge in [0, 0.05) is 34.4 Å². The smallest absolute Gasteiger partial charge is 0.256 e. The molecule has 3 aromatic rings. The molecule has 8 nitrogen and oxygen atoms in total. The van der Waals surface area contributed by atoms with Gasteiger partial charge in [-0.05, 0) is 74.5 Å². The number of amides is 1. The summed E-state index contributed by atoms with van der Waals surface area (Å²) in [5.41, 5.74) is 3.08. The van der Waals surface area contributed by atoms with E-state index in [1.807, 2.05) is 24.3 Å². The summed E-state index contributed by atoms with van der Waals surface area (Å²) < 4.78 is 29.3. The molecule has 4 N–H and O–H groups in total. The van der Waals surface area contributed by atoms with Crippen LogP contribution in [0.3, 0.4) is 0 Å². The molecule has 1 fully saturated rings.